The number of nitrogens with one attached hydrogen (secondary N) is 2. The Morgan fingerprint density at radius 3 is 2.73 bits per heavy atom. The van der Waals surface area contributed by atoms with Crippen molar-refractivity contribution in [1.82, 2.24) is 10.3 Å². The Morgan fingerprint density at radius 2 is 1.96 bits per heavy atom. The van der Waals surface area contributed by atoms with Crippen molar-refractivity contribution in [3.8, 4) is 0 Å². The standard InChI is InChI=1S/C20H17N3O3/c24-19(10-9-15-5-3-11-21-13-15)23-18-8-2-1-7-17(18)20(25)22-14-16-6-4-12-26-16/h1-13H,14H2,(H,22,25)(H,23,24)/b10-9+. The van der Waals surface area contributed by atoms with Crippen LogP contribution in [0.15, 0.2) is 77.7 Å². The molecule has 0 fully saturated rings. The monoisotopic (exact) mass is 347 g/mol. The average Bonchev–Trinajstić information content (AvgIpc) is 3.19. The lowest BCUT2D eigenvalue weighted by molar-refractivity contribution is -0.111. The number of anilines is 1. The summed E-state index contributed by atoms with van der Waals surface area (Å²) in [6, 6.07) is 14.0. The molecular formula is C20H17N3O3. The maximum atomic E-state index is 12.4. The van der Waals surface area contributed by atoms with Crippen molar-refractivity contribution in [3.05, 3.63) is 90.2 Å². The molecule has 3 aromatic rings. The Labute approximate surface area is 150 Å². The van der Waals surface area contributed by atoms with E-state index in [1.807, 2.05) is 6.07 Å². The number of carbonyl (C=O) groups is 2. The summed E-state index contributed by atoms with van der Waals surface area (Å²) in [7, 11) is 0. The highest BCUT2D eigenvalue weighted by atomic mass is 16.3. The van der Waals surface area contributed by atoms with Gasteiger partial charge in [0.25, 0.3) is 5.91 Å². The molecule has 0 aliphatic rings. The molecule has 130 valence electrons. The second-order valence-electron chi connectivity index (χ2n) is 5.42. The highest BCUT2D eigenvalue weighted by molar-refractivity contribution is 6.07. The zero-order valence-electron chi connectivity index (χ0n) is 13.9. The Morgan fingerprint density at radius 1 is 1.08 bits per heavy atom. The molecule has 2 heterocycles. The minimum absolute atomic E-state index is 0.273. The molecule has 26 heavy (non-hydrogen) atoms. The van der Waals surface area contributed by atoms with Crippen LogP contribution in [0.3, 0.4) is 0 Å². The smallest absolute Gasteiger partial charge is 0.253 e. The number of hydrogen-bond donors (Lipinski definition) is 2. The van der Waals surface area contributed by atoms with Crippen LogP contribution in [-0.4, -0.2) is 16.8 Å². The number of para-hydroxylation sites is 1. The average molecular weight is 347 g/mol. The van der Waals surface area contributed by atoms with Gasteiger partial charge in [0, 0.05) is 18.5 Å². The van der Waals surface area contributed by atoms with E-state index >= 15 is 0 Å². The van der Waals surface area contributed by atoms with Gasteiger partial charge in [-0.15, -0.1) is 0 Å². The normalized spacial score (nSPS) is 10.6. The molecule has 2 N–H and O–H groups in total. The molecule has 0 saturated carbocycles. The molecule has 6 heteroatoms. The number of carbonyl (C=O) groups excluding carboxylic acids is 2. The first-order valence-corrected chi connectivity index (χ1v) is 8.01. The minimum atomic E-state index is -0.333. The molecule has 0 saturated heterocycles. The number of rotatable bonds is 6. The van der Waals surface area contributed by atoms with E-state index in [0.717, 1.165) is 5.56 Å². The lowest BCUT2D eigenvalue weighted by atomic mass is 10.1. The Kier molecular flexibility index (Phi) is 5.57. The zero-order valence-corrected chi connectivity index (χ0v) is 13.9. The molecule has 0 unspecified atom stereocenters. The SMILES string of the molecule is O=C(/C=C/c1cccnc1)Nc1ccccc1C(=O)NCc1ccco1. The van der Waals surface area contributed by atoms with Crippen LogP contribution in [0.25, 0.3) is 6.08 Å². The third-order valence-corrected chi connectivity index (χ3v) is 3.54. The van der Waals surface area contributed by atoms with E-state index in [-0.39, 0.29) is 18.4 Å². The summed E-state index contributed by atoms with van der Waals surface area (Å²) in [5.41, 5.74) is 1.62. The first kappa shape index (κ1) is 17.2. The highest BCUT2D eigenvalue weighted by Crippen LogP contribution is 2.15. The Bertz CT molecular complexity index is 903. The Balaban J connectivity index is 1.65. The quantitative estimate of drug-likeness (QED) is 0.670. The molecular weight excluding hydrogens is 330 g/mol. The Hall–Kier alpha value is -3.67. The number of amides is 2. The molecule has 6 nitrogen and oxygen atoms in total. The lowest BCUT2D eigenvalue weighted by Gasteiger charge is -2.10. The number of benzene rings is 1. The third kappa shape index (κ3) is 4.67. The van der Waals surface area contributed by atoms with Gasteiger partial charge in [0.2, 0.25) is 5.91 Å². The fraction of sp³-hybridized carbons (Fsp3) is 0.0500. The van der Waals surface area contributed by atoms with Gasteiger partial charge >= 0.3 is 0 Å². The van der Waals surface area contributed by atoms with Crippen LogP contribution >= 0.6 is 0 Å². The second kappa shape index (κ2) is 8.43. The van der Waals surface area contributed by atoms with E-state index < -0.39 is 0 Å². The molecule has 2 amide bonds. The van der Waals surface area contributed by atoms with Gasteiger partial charge in [0.15, 0.2) is 0 Å². The number of hydrogen-bond acceptors (Lipinski definition) is 4. The molecule has 0 spiro atoms. The first-order valence-electron chi connectivity index (χ1n) is 8.01. The maximum Gasteiger partial charge on any atom is 0.253 e. The summed E-state index contributed by atoms with van der Waals surface area (Å²) in [6.07, 6.45) is 7.91. The van der Waals surface area contributed by atoms with Crippen LogP contribution in [0.4, 0.5) is 5.69 Å². The lowest BCUT2D eigenvalue weighted by Crippen LogP contribution is -2.24. The predicted molar refractivity (Wildman–Crippen MR) is 98.2 cm³/mol. The highest BCUT2D eigenvalue weighted by Gasteiger charge is 2.12. The molecule has 2 aromatic heterocycles. The topological polar surface area (TPSA) is 84.2 Å². The summed E-state index contributed by atoms with van der Waals surface area (Å²) < 4.78 is 5.19. The summed E-state index contributed by atoms with van der Waals surface area (Å²) >= 11 is 0. The largest absolute Gasteiger partial charge is 0.467 e. The van der Waals surface area contributed by atoms with Gasteiger partial charge in [-0.25, -0.2) is 0 Å². The minimum Gasteiger partial charge on any atom is -0.467 e. The molecule has 0 aliphatic carbocycles. The number of pyridine rings is 1. The first-order chi connectivity index (χ1) is 12.7. The van der Waals surface area contributed by atoms with Crippen LogP contribution in [0.1, 0.15) is 21.7 Å². The summed E-state index contributed by atoms with van der Waals surface area (Å²) in [5.74, 6) is 0.0212. The van der Waals surface area contributed by atoms with Gasteiger partial charge < -0.3 is 15.1 Å². The molecule has 0 aliphatic heterocycles. The summed E-state index contributed by atoms with van der Waals surface area (Å²) in [4.78, 5) is 28.5. The van der Waals surface area contributed by atoms with Crippen molar-refractivity contribution >= 4 is 23.6 Å². The summed E-state index contributed by atoms with van der Waals surface area (Å²) in [5, 5.41) is 5.49. The summed E-state index contributed by atoms with van der Waals surface area (Å²) in [6.45, 7) is 0.273. The number of nitrogens with zero attached hydrogens (tertiary/aromatic N) is 1. The van der Waals surface area contributed by atoms with E-state index in [1.54, 1.807) is 67.2 Å². The predicted octanol–water partition coefficient (Wildman–Crippen LogP) is 3.26. The van der Waals surface area contributed by atoms with Gasteiger partial charge in [0.1, 0.15) is 5.76 Å². The van der Waals surface area contributed by atoms with Crippen LogP contribution < -0.4 is 10.6 Å². The van der Waals surface area contributed by atoms with Crippen molar-refractivity contribution in [2.45, 2.75) is 6.54 Å². The van der Waals surface area contributed by atoms with Crippen molar-refractivity contribution < 1.29 is 14.0 Å². The molecule has 0 atom stereocenters. The van der Waals surface area contributed by atoms with E-state index in [0.29, 0.717) is 17.0 Å². The molecule has 3 rings (SSSR count). The van der Waals surface area contributed by atoms with Crippen molar-refractivity contribution in [3.63, 3.8) is 0 Å². The zero-order chi connectivity index (χ0) is 18.2. The van der Waals surface area contributed by atoms with Gasteiger partial charge in [-0.3, -0.25) is 14.6 Å². The third-order valence-electron chi connectivity index (χ3n) is 3.54. The van der Waals surface area contributed by atoms with Gasteiger partial charge in [0.05, 0.1) is 24.1 Å². The fourth-order valence-corrected chi connectivity index (χ4v) is 2.29. The molecule has 1 aromatic carbocycles. The van der Waals surface area contributed by atoms with Crippen LogP contribution in [0.5, 0.6) is 0 Å². The van der Waals surface area contributed by atoms with Crippen LogP contribution in [-0.2, 0) is 11.3 Å². The maximum absolute atomic E-state index is 12.4. The van der Waals surface area contributed by atoms with Crippen molar-refractivity contribution in [1.29, 1.82) is 0 Å². The van der Waals surface area contributed by atoms with Crippen LogP contribution in [0.2, 0.25) is 0 Å². The van der Waals surface area contributed by atoms with Crippen molar-refractivity contribution in [2.75, 3.05) is 5.32 Å². The molecule has 0 radical (unpaired) electrons. The van der Waals surface area contributed by atoms with E-state index in [2.05, 4.69) is 15.6 Å². The van der Waals surface area contributed by atoms with Gasteiger partial charge in [-0.05, 0) is 42.0 Å². The van der Waals surface area contributed by atoms with Crippen LogP contribution in [0, 0.1) is 0 Å². The van der Waals surface area contributed by atoms with E-state index in [4.69, 9.17) is 4.42 Å². The van der Waals surface area contributed by atoms with Crippen molar-refractivity contribution in [2.24, 2.45) is 0 Å². The number of furan rings is 1. The van der Waals surface area contributed by atoms with Gasteiger partial charge in [-0.1, -0.05) is 18.2 Å². The van der Waals surface area contributed by atoms with Gasteiger partial charge in [-0.2, -0.15) is 0 Å². The number of aromatic nitrogens is 1. The van der Waals surface area contributed by atoms with E-state index in [1.165, 1.54) is 6.08 Å². The molecule has 0 bridgehead atoms. The fourth-order valence-electron chi connectivity index (χ4n) is 2.29. The van der Waals surface area contributed by atoms with E-state index in [9.17, 15) is 9.59 Å². The second-order valence-corrected chi connectivity index (χ2v) is 5.42.